The number of carbonyl (C=O) groups is 1. The van der Waals surface area contributed by atoms with Gasteiger partial charge < -0.3 is 5.73 Å². The molecule has 0 radical (unpaired) electrons. The van der Waals surface area contributed by atoms with Gasteiger partial charge in [-0.1, -0.05) is 6.92 Å². The number of nitrogens with zero attached hydrogens (tertiary/aromatic N) is 1. The maximum atomic E-state index is 11.6. The molecule has 7 heteroatoms. The summed E-state index contributed by atoms with van der Waals surface area (Å²) in [5.74, 6) is -1.05. The van der Waals surface area contributed by atoms with Gasteiger partial charge >= 0.3 is 0 Å². The largest absolute Gasteiger partial charge is 0.330 e. The quantitative estimate of drug-likeness (QED) is 0.756. The summed E-state index contributed by atoms with van der Waals surface area (Å²) in [6.45, 7) is 1.95. The van der Waals surface area contributed by atoms with Crippen molar-refractivity contribution in [3.05, 3.63) is 30.1 Å². The zero-order chi connectivity index (χ0) is 12.9. The lowest BCUT2D eigenvalue weighted by atomic mass is 10.2. The topological polar surface area (TPSA) is 102 Å². The highest BCUT2D eigenvalue weighted by Gasteiger charge is 2.18. The molecule has 0 aliphatic carbocycles. The van der Waals surface area contributed by atoms with Crippen LogP contribution in [0.5, 0.6) is 0 Å². The molecule has 1 unspecified atom stereocenters. The molecule has 1 amide bonds. The first-order valence-corrected chi connectivity index (χ1v) is 6.75. The summed E-state index contributed by atoms with van der Waals surface area (Å²) in [5.41, 5.74) is 5.54. The Morgan fingerprint density at radius 3 is 2.82 bits per heavy atom. The number of hydrogen-bond donors (Lipinski definition) is 2. The lowest BCUT2D eigenvalue weighted by Crippen LogP contribution is -2.35. The SMILES string of the molecule is CC(CN)CS(=O)(=O)NC(=O)c1cccnc1. The minimum atomic E-state index is -3.65. The van der Waals surface area contributed by atoms with Gasteiger partial charge in [-0.05, 0) is 24.6 Å². The van der Waals surface area contributed by atoms with Crippen molar-refractivity contribution in [3.63, 3.8) is 0 Å². The van der Waals surface area contributed by atoms with Crippen molar-refractivity contribution in [2.45, 2.75) is 6.92 Å². The molecule has 6 nitrogen and oxygen atoms in total. The Bertz CT molecular complexity index is 473. The highest BCUT2D eigenvalue weighted by atomic mass is 32.2. The average molecular weight is 257 g/mol. The summed E-state index contributed by atoms with van der Waals surface area (Å²) >= 11 is 0. The molecule has 0 aliphatic heterocycles. The van der Waals surface area contributed by atoms with Gasteiger partial charge in [0.05, 0.1) is 11.3 Å². The Morgan fingerprint density at radius 1 is 1.59 bits per heavy atom. The Labute approximate surface area is 100 Å². The summed E-state index contributed by atoms with van der Waals surface area (Å²) in [7, 11) is -3.65. The van der Waals surface area contributed by atoms with E-state index in [4.69, 9.17) is 5.73 Å². The van der Waals surface area contributed by atoms with Crippen LogP contribution in [0.1, 0.15) is 17.3 Å². The molecule has 1 aromatic rings. The van der Waals surface area contributed by atoms with E-state index >= 15 is 0 Å². The van der Waals surface area contributed by atoms with Crippen LogP contribution in [0.25, 0.3) is 0 Å². The zero-order valence-electron chi connectivity index (χ0n) is 9.46. The lowest BCUT2D eigenvalue weighted by molar-refractivity contribution is 0.0981. The number of nitrogens with two attached hydrogens (primary N) is 1. The third kappa shape index (κ3) is 4.49. The molecule has 0 aromatic carbocycles. The van der Waals surface area contributed by atoms with Gasteiger partial charge in [0.25, 0.3) is 5.91 Å². The van der Waals surface area contributed by atoms with Crippen molar-refractivity contribution in [3.8, 4) is 0 Å². The minimum absolute atomic E-state index is 0.171. The highest BCUT2D eigenvalue weighted by Crippen LogP contribution is 2.00. The van der Waals surface area contributed by atoms with Crippen LogP contribution in [-0.2, 0) is 10.0 Å². The van der Waals surface area contributed by atoms with Crippen molar-refractivity contribution in [2.75, 3.05) is 12.3 Å². The van der Waals surface area contributed by atoms with E-state index in [0.29, 0.717) is 0 Å². The summed E-state index contributed by atoms with van der Waals surface area (Å²) in [6, 6.07) is 3.05. The van der Waals surface area contributed by atoms with Crippen LogP contribution in [0, 0.1) is 5.92 Å². The Kier molecular flexibility index (Phi) is 4.59. The van der Waals surface area contributed by atoms with Gasteiger partial charge in [-0.25, -0.2) is 13.1 Å². The van der Waals surface area contributed by atoms with Gasteiger partial charge in [-0.3, -0.25) is 9.78 Å². The van der Waals surface area contributed by atoms with Crippen LogP contribution in [-0.4, -0.2) is 31.6 Å². The number of carbonyl (C=O) groups excluding carboxylic acids is 1. The molecule has 0 saturated carbocycles. The van der Waals surface area contributed by atoms with E-state index in [1.165, 1.54) is 18.5 Å². The van der Waals surface area contributed by atoms with E-state index in [1.54, 1.807) is 13.0 Å². The molecule has 0 spiro atoms. The first-order chi connectivity index (χ1) is 7.94. The first kappa shape index (κ1) is 13.6. The smallest absolute Gasteiger partial charge is 0.266 e. The number of nitrogens with one attached hydrogen (secondary N) is 1. The van der Waals surface area contributed by atoms with Crippen LogP contribution in [0.4, 0.5) is 0 Å². The molecular formula is C10H15N3O3S. The van der Waals surface area contributed by atoms with E-state index in [-0.39, 0.29) is 23.8 Å². The van der Waals surface area contributed by atoms with Gasteiger partial charge in [-0.15, -0.1) is 0 Å². The maximum absolute atomic E-state index is 11.6. The van der Waals surface area contributed by atoms with Crippen molar-refractivity contribution >= 4 is 15.9 Å². The number of sulfonamides is 1. The van der Waals surface area contributed by atoms with Crippen molar-refractivity contribution in [2.24, 2.45) is 11.7 Å². The Hall–Kier alpha value is -1.47. The monoisotopic (exact) mass is 257 g/mol. The molecule has 0 fully saturated rings. The number of rotatable bonds is 5. The van der Waals surface area contributed by atoms with Crippen molar-refractivity contribution in [1.29, 1.82) is 0 Å². The van der Waals surface area contributed by atoms with Crippen molar-refractivity contribution < 1.29 is 13.2 Å². The van der Waals surface area contributed by atoms with Crippen LogP contribution in [0.2, 0.25) is 0 Å². The molecule has 1 heterocycles. The van der Waals surface area contributed by atoms with Crippen LogP contribution in [0.15, 0.2) is 24.5 Å². The molecule has 1 aromatic heterocycles. The molecule has 0 saturated heterocycles. The molecule has 17 heavy (non-hydrogen) atoms. The maximum Gasteiger partial charge on any atom is 0.266 e. The molecular weight excluding hydrogens is 242 g/mol. The van der Waals surface area contributed by atoms with Crippen LogP contribution < -0.4 is 10.5 Å². The molecule has 94 valence electrons. The lowest BCUT2D eigenvalue weighted by Gasteiger charge is -2.10. The van der Waals surface area contributed by atoms with Gasteiger partial charge in [-0.2, -0.15) is 0 Å². The average Bonchev–Trinajstić information content (AvgIpc) is 2.28. The third-order valence-electron chi connectivity index (χ3n) is 2.08. The van der Waals surface area contributed by atoms with Crippen molar-refractivity contribution in [1.82, 2.24) is 9.71 Å². The van der Waals surface area contributed by atoms with Crippen LogP contribution in [0.3, 0.4) is 0 Å². The fourth-order valence-electron chi connectivity index (χ4n) is 1.18. The molecule has 3 N–H and O–H groups in total. The van der Waals surface area contributed by atoms with Crippen LogP contribution >= 0.6 is 0 Å². The summed E-state index contributed by atoms with van der Waals surface area (Å²) < 4.78 is 25.1. The fraction of sp³-hybridized carbons (Fsp3) is 0.400. The summed E-state index contributed by atoms with van der Waals surface area (Å²) in [6.07, 6.45) is 2.80. The minimum Gasteiger partial charge on any atom is -0.330 e. The summed E-state index contributed by atoms with van der Waals surface area (Å²) in [5, 5.41) is 0. The Balaban J connectivity index is 2.69. The number of pyridine rings is 1. The zero-order valence-corrected chi connectivity index (χ0v) is 10.3. The number of amides is 1. The number of hydrogen-bond acceptors (Lipinski definition) is 5. The predicted octanol–water partition coefficient (Wildman–Crippen LogP) is -0.264. The van der Waals surface area contributed by atoms with Gasteiger partial charge in [0.2, 0.25) is 10.0 Å². The first-order valence-electron chi connectivity index (χ1n) is 5.09. The second-order valence-corrected chi connectivity index (χ2v) is 5.56. The predicted molar refractivity (Wildman–Crippen MR) is 63.7 cm³/mol. The second-order valence-electron chi connectivity index (χ2n) is 3.80. The van der Waals surface area contributed by atoms with E-state index in [1.807, 2.05) is 4.72 Å². The third-order valence-corrected chi connectivity index (χ3v) is 3.58. The molecule has 0 bridgehead atoms. The van der Waals surface area contributed by atoms with Gasteiger partial charge in [0.15, 0.2) is 0 Å². The Morgan fingerprint density at radius 2 is 2.29 bits per heavy atom. The molecule has 1 atom stereocenters. The standard InChI is InChI=1S/C10H15N3O3S/c1-8(5-11)7-17(15,16)13-10(14)9-3-2-4-12-6-9/h2-4,6,8H,5,7,11H2,1H3,(H,13,14). The van der Waals surface area contributed by atoms with E-state index in [0.717, 1.165) is 0 Å². The van der Waals surface area contributed by atoms with E-state index in [2.05, 4.69) is 4.98 Å². The second kappa shape index (κ2) is 5.74. The molecule has 0 aliphatic rings. The number of aromatic nitrogens is 1. The fourth-order valence-corrected chi connectivity index (χ4v) is 2.55. The normalized spacial score (nSPS) is 13.1. The van der Waals surface area contributed by atoms with Gasteiger partial charge in [0.1, 0.15) is 0 Å². The van der Waals surface area contributed by atoms with E-state index < -0.39 is 15.9 Å². The highest BCUT2D eigenvalue weighted by molar-refractivity contribution is 7.90. The molecule has 1 rings (SSSR count). The van der Waals surface area contributed by atoms with E-state index in [9.17, 15) is 13.2 Å². The van der Waals surface area contributed by atoms with Gasteiger partial charge in [0, 0.05) is 12.4 Å². The summed E-state index contributed by atoms with van der Waals surface area (Å²) in [4.78, 5) is 15.3.